The third-order valence-corrected chi connectivity index (χ3v) is 4.45. The number of rotatable bonds is 6. The molecule has 3 atom stereocenters. The van der Waals surface area contributed by atoms with E-state index >= 15 is 0 Å². The fourth-order valence-corrected chi connectivity index (χ4v) is 3.02. The summed E-state index contributed by atoms with van der Waals surface area (Å²) in [5.41, 5.74) is 0. The van der Waals surface area contributed by atoms with Gasteiger partial charge in [0.15, 0.2) is 0 Å². The van der Waals surface area contributed by atoms with Gasteiger partial charge < -0.3 is 10.0 Å². The standard InChI is InChI=1S/C16H32N2O2/c1-12(2)9-13(3)17(5)16(20)11-18-8-6-7-15(10-18)14(4)19/h12-15,19H,6-11H2,1-5H3. The maximum atomic E-state index is 12.3. The zero-order valence-corrected chi connectivity index (χ0v) is 13.8. The number of likely N-dealkylation sites (tertiary alicyclic amines) is 1. The van der Waals surface area contributed by atoms with Crippen LogP contribution in [0.2, 0.25) is 0 Å². The van der Waals surface area contributed by atoms with Crippen molar-refractivity contribution in [2.45, 2.75) is 59.1 Å². The van der Waals surface area contributed by atoms with Crippen LogP contribution in [0.25, 0.3) is 0 Å². The Balaban J connectivity index is 2.44. The number of aliphatic hydroxyl groups is 1. The van der Waals surface area contributed by atoms with Crippen LogP contribution in [0.1, 0.15) is 47.0 Å². The molecule has 1 fully saturated rings. The third-order valence-electron chi connectivity index (χ3n) is 4.45. The number of carbonyl (C=O) groups excluding carboxylic acids is 1. The van der Waals surface area contributed by atoms with Gasteiger partial charge in [-0.05, 0) is 51.5 Å². The SMILES string of the molecule is CC(C)CC(C)N(C)C(=O)CN1CCCC(C(C)O)C1. The van der Waals surface area contributed by atoms with E-state index in [1.807, 2.05) is 18.9 Å². The Labute approximate surface area is 124 Å². The van der Waals surface area contributed by atoms with Crippen molar-refractivity contribution in [1.82, 2.24) is 9.80 Å². The first kappa shape index (κ1) is 17.4. The quantitative estimate of drug-likeness (QED) is 0.811. The molecule has 0 aliphatic carbocycles. The van der Waals surface area contributed by atoms with Gasteiger partial charge in [0.2, 0.25) is 5.91 Å². The Morgan fingerprint density at radius 2 is 2.00 bits per heavy atom. The van der Waals surface area contributed by atoms with Crippen molar-refractivity contribution in [2.75, 3.05) is 26.7 Å². The maximum Gasteiger partial charge on any atom is 0.236 e. The molecule has 118 valence electrons. The second-order valence-electron chi connectivity index (χ2n) is 6.86. The average Bonchev–Trinajstić information content (AvgIpc) is 2.37. The molecule has 1 amide bonds. The van der Waals surface area contributed by atoms with E-state index in [1.54, 1.807) is 0 Å². The van der Waals surface area contributed by atoms with Crippen molar-refractivity contribution in [3.05, 3.63) is 0 Å². The Hall–Kier alpha value is -0.610. The lowest BCUT2D eigenvalue weighted by Gasteiger charge is -2.35. The van der Waals surface area contributed by atoms with Crippen LogP contribution in [0.15, 0.2) is 0 Å². The molecule has 0 aromatic carbocycles. The Morgan fingerprint density at radius 3 is 2.55 bits per heavy atom. The van der Waals surface area contributed by atoms with Gasteiger partial charge in [0.05, 0.1) is 12.6 Å². The fourth-order valence-electron chi connectivity index (χ4n) is 3.02. The van der Waals surface area contributed by atoms with E-state index in [1.165, 1.54) is 0 Å². The predicted molar refractivity (Wildman–Crippen MR) is 82.5 cm³/mol. The third kappa shape index (κ3) is 5.41. The van der Waals surface area contributed by atoms with Crippen LogP contribution < -0.4 is 0 Å². The summed E-state index contributed by atoms with van der Waals surface area (Å²) in [4.78, 5) is 16.4. The molecule has 1 N–H and O–H groups in total. The number of likely N-dealkylation sites (N-methyl/N-ethyl adjacent to an activating group) is 1. The minimum absolute atomic E-state index is 0.199. The lowest BCUT2D eigenvalue weighted by molar-refractivity contribution is -0.133. The number of nitrogens with zero attached hydrogens (tertiary/aromatic N) is 2. The van der Waals surface area contributed by atoms with Crippen LogP contribution >= 0.6 is 0 Å². The highest BCUT2D eigenvalue weighted by Gasteiger charge is 2.26. The minimum atomic E-state index is -0.273. The summed E-state index contributed by atoms with van der Waals surface area (Å²) in [6, 6.07) is 0.292. The van der Waals surface area contributed by atoms with Gasteiger partial charge in [0, 0.05) is 19.6 Å². The molecule has 3 unspecified atom stereocenters. The highest BCUT2D eigenvalue weighted by Crippen LogP contribution is 2.20. The van der Waals surface area contributed by atoms with Crippen molar-refractivity contribution >= 4 is 5.91 Å². The monoisotopic (exact) mass is 284 g/mol. The maximum absolute atomic E-state index is 12.3. The van der Waals surface area contributed by atoms with Gasteiger partial charge in [-0.3, -0.25) is 9.69 Å². The number of piperidine rings is 1. The minimum Gasteiger partial charge on any atom is -0.393 e. The van der Waals surface area contributed by atoms with Crippen molar-refractivity contribution < 1.29 is 9.90 Å². The fraction of sp³-hybridized carbons (Fsp3) is 0.938. The highest BCUT2D eigenvalue weighted by atomic mass is 16.3. The Bertz CT molecular complexity index is 305. The van der Waals surface area contributed by atoms with Crippen LogP contribution in [0.4, 0.5) is 0 Å². The molecule has 0 aromatic heterocycles. The number of carbonyl (C=O) groups is 1. The molecule has 0 radical (unpaired) electrons. The van der Waals surface area contributed by atoms with Gasteiger partial charge in [0.25, 0.3) is 0 Å². The second kappa shape index (κ2) is 7.99. The van der Waals surface area contributed by atoms with Gasteiger partial charge in [-0.25, -0.2) is 0 Å². The van der Waals surface area contributed by atoms with E-state index in [4.69, 9.17) is 0 Å². The summed E-state index contributed by atoms with van der Waals surface area (Å²) in [7, 11) is 1.91. The van der Waals surface area contributed by atoms with Gasteiger partial charge in [0.1, 0.15) is 0 Å². The number of hydrogen-bond acceptors (Lipinski definition) is 3. The van der Waals surface area contributed by atoms with Crippen molar-refractivity contribution in [3.8, 4) is 0 Å². The molecular weight excluding hydrogens is 252 g/mol. The summed E-state index contributed by atoms with van der Waals surface area (Å²) in [6.45, 7) is 10.7. The average molecular weight is 284 g/mol. The van der Waals surface area contributed by atoms with E-state index in [0.29, 0.717) is 24.4 Å². The smallest absolute Gasteiger partial charge is 0.236 e. The van der Waals surface area contributed by atoms with Crippen LogP contribution in [-0.2, 0) is 4.79 Å². The highest BCUT2D eigenvalue weighted by molar-refractivity contribution is 5.78. The van der Waals surface area contributed by atoms with Crippen molar-refractivity contribution in [2.24, 2.45) is 11.8 Å². The summed E-state index contributed by atoms with van der Waals surface area (Å²) >= 11 is 0. The molecule has 0 bridgehead atoms. The van der Waals surface area contributed by atoms with Gasteiger partial charge >= 0.3 is 0 Å². The zero-order chi connectivity index (χ0) is 15.3. The molecule has 0 aromatic rings. The normalized spacial score (nSPS) is 23.6. The van der Waals surface area contributed by atoms with E-state index < -0.39 is 0 Å². The largest absolute Gasteiger partial charge is 0.393 e. The lowest BCUT2D eigenvalue weighted by atomic mass is 9.93. The summed E-state index contributed by atoms with van der Waals surface area (Å²) in [5.74, 6) is 1.12. The Kier molecular flexibility index (Phi) is 6.96. The molecule has 0 spiro atoms. The first-order valence-electron chi connectivity index (χ1n) is 7.97. The lowest BCUT2D eigenvalue weighted by Crippen LogP contribution is -2.47. The van der Waals surface area contributed by atoms with E-state index in [-0.39, 0.29) is 12.0 Å². The zero-order valence-electron chi connectivity index (χ0n) is 13.8. The molecule has 0 saturated carbocycles. The van der Waals surface area contributed by atoms with Gasteiger partial charge in [-0.15, -0.1) is 0 Å². The number of aliphatic hydroxyl groups excluding tert-OH is 1. The number of hydrogen-bond donors (Lipinski definition) is 1. The Morgan fingerprint density at radius 1 is 1.35 bits per heavy atom. The van der Waals surface area contributed by atoms with Crippen molar-refractivity contribution in [3.63, 3.8) is 0 Å². The number of amides is 1. The topological polar surface area (TPSA) is 43.8 Å². The van der Waals surface area contributed by atoms with Crippen LogP contribution in [-0.4, -0.2) is 59.6 Å². The van der Waals surface area contributed by atoms with E-state index in [0.717, 1.165) is 32.4 Å². The van der Waals surface area contributed by atoms with E-state index in [9.17, 15) is 9.90 Å². The van der Waals surface area contributed by atoms with Crippen LogP contribution in [0, 0.1) is 11.8 Å². The predicted octanol–water partition coefficient (Wildman–Crippen LogP) is 1.97. The van der Waals surface area contributed by atoms with Crippen molar-refractivity contribution in [1.29, 1.82) is 0 Å². The molecule has 1 rings (SSSR count). The molecule has 1 aliphatic rings. The van der Waals surface area contributed by atoms with Gasteiger partial charge in [-0.2, -0.15) is 0 Å². The molecule has 1 saturated heterocycles. The van der Waals surface area contributed by atoms with Gasteiger partial charge in [-0.1, -0.05) is 13.8 Å². The molecule has 20 heavy (non-hydrogen) atoms. The summed E-state index contributed by atoms with van der Waals surface area (Å²) in [5, 5.41) is 9.70. The molecule has 1 heterocycles. The van der Waals surface area contributed by atoms with Crippen LogP contribution in [0.5, 0.6) is 0 Å². The second-order valence-corrected chi connectivity index (χ2v) is 6.86. The molecule has 4 nitrogen and oxygen atoms in total. The molecule has 1 aliphatic heterocycles. The van der Waals surface area contributed by atoms with E-state index in [2.05, 4.69) is 25.7 Å². The summed E-state index contributed by atoms with van der Waals surface area (Å²) < 4.78 is 0. The van der Waals surface area contributed by atoms with Crippen LogP contribution in [0.3, 0.4) is 0 Å². The summed E-state index contributed by atoms with van der Waals surface area (Å²) in [6.07, 6.45) is 2.92. The first-order chi connectivity index (χ1) is 9.31. The first-order valence-corrected chi connectivity index (χ1v) is 7.97. The molecular formula is C16H32N2O2. The molecule has 4 heteroatoms.